The highest BCUT2D eigenvalue weighted by Gasteiger charge is 2.33. The topological polar surface area (TPSA) is 123 Å². The fraction of sp³-hybridized carbons (Fsp3) is 0.280. The fourth-order valence-corrected chi connectivity index (χ4v) is 4.40. The SMILES string of the molecule is C=CCN(CC(=O)N1CCCCC1c1nc(-c2ccc(Br)cc2)no1)C(=O)c1cccc([N+](=O)[O-])c1. The van der Waals surface area contributed by atoms with E-state index in [1.165, 1.54) is 35.2 Å². The van der Waals surface area contributed by atoms with E-state index in [2.05, 4.69) is 32.6 Å². The molecule has 1 atom stereocenters. The van der Waals surface area contributed by atoms with E-state index in [1.54, 1.807) is 4.90 Å². The summed E-state index contributed by atoms with van der Waals surface area (Å²) in [5.74, 6) is 0.0189. The van der Waals surface area contributed by atoms with Crippen molar-refractivity contribution in [3.8, 4) is 11.4 Å². The van der Waals surface area contributed by atoms with Gasteiger partial charge in [0.1, 0.15) is 12.6 Å². The van der Waals surface area contributed by atoms with E-state index < -0.39 is 16.9 Å². The van der Waals surface area contributed by atoms with Crippen LogP contribution in [0.15, 0.2) is 70.2 Å². The number of nitro benzene ring substituents is 1. The Morgan fingerprint density at radius 1 is 1.25 bits per heavy atom. The van der Waals surface area contributed by atoms with Crippen molar-refractivity contribution < 1.29 is 19.0 Å². The van der Waals surface area contributed by atoms with Crippen LogP contribution in [0.3, 0.4) is 0 Å². The number of amides is 2. The summed E-state index contributed by atoms with van der Waals surface area (Å²) in [6, 6.07) is 12.6. The third kappa shape index (κ3) is 5.68. The van der Waals surface area contributed by atoms with Gasteiger partial charge in [0.05, 0.1) is 4.92 Å². The molecule has 11 heteroatoms. The van der Waals surface area contributed by atoms with E-state index in [0.29, 0.717) is 24.7 Å². The second-order valence-electron chi connectivity index (χ2n) is 8.34. The molecule has 36 heavy (non-hydrogen) atoms. The number of carbonyl (C=O) groups is 2. The molecule has 0 spiro atoms. The molecule has 2 aromatic carbocycles. The molecule has 1 aliphatic rings. The minimum Gasteiger partial charge on any atom is -0.337 e. The van der Waals surface area contributed by atoms with Gasteiger partial charge < -0.3 is 14.3 Å². The van der Waals surface area contributed by atoms with Crippen molar-refractivity contribution in [1.82, 2.24) is 19.9 Å². The maximum absolute atomic E-state index is 13.4. The second kappa shape index (κ2) is 11.3. The van der Waals surface area contributed by atoms with Gasteiger partial charge in [-0.2, -0.15) is 4.98 Å². The highest BCUT2D eigenvalue weighted by molar-refractivity contribution is 9.10. The van der Waals surface area contributed by atoms with Crippen molar-refractivity contribution in [3.05, 3.63) is 87.2 Å². The van der Waals surface area contributed by atoms with E-state index in [0.717, 1.165) is 22.9 Å². The summed E-state index contributed by atoms with van der Waals surface area (Å²) in [5, 5.41) is 15.2. The molecule has 3 aromatic rings. The van der Waals surface area contributed by atoms with Crippen LogP contribution >= 0.6 is 15.9 Å². The predicted molar refractivity (Wildman–Crippen MR) is 135 cm³/mol. The summed E-state index contributed by atoms with van der Waals surface area (Å²) in [7, 11) is 0. The molecule has 4 rings (SSSR count). The smallest absolute Gasteiger partial charge is 0.270 e. The molecule has 0 aliphatic carbocycles. The van der Waals surface area contributed by atoms with Crippen LogP contribution < -0.4 is 0 Å². The van der Waals surface area contributed by atoms with E-state index in [4.69, 9.17) is 4.52 Å². The number of nitro groups is 1. The lowest BCUT2D eigenvalue weighted by atomic mass is 10.0. The molecular weight excluding hydrogens is 530 g/mol. The maximum atomic E-state index is 13.4. The number of hydrogen-bond donors (Lipinski definition) is 0. The molecule has 1 saturated heterocycles. The Morgan fingerprint density at radius 2 is 2.03 bits per heavy atom. The van der Waals surface area contributed by atoms with Gasteiger partial charge in [0, 0.05) is 40.8 Å². The number of rotatable bonds is 8. The molecule has 2 amide bonds. The third-order valence-corrected chi connectivity index (χ3v) is 6.45. The summed E-state index contributed by atoms with van der Waals surface area (Å²) in [6.07, 6.45) is 3.89. The van der Waals surface area contributed by atoms with Gasteiger partial charge in [0.2, 0.25) is 17.6 Å². The van der Waals surface area contributed by atoms with Gasteiger partial charge in [0.15, 0.2) is 0 Å². The van der Waals surface area contributed by atoms with Gasteiger partial charge in [-0.3, -0.25) is 19.7 Å². The van der Waals surface area contributed by atoms with Crippen molar-refractivity contribution in [2.24, 2.45) is 0 Å². The molecule has 1 unspecified atom stereocenters. The van der Waals surface area contributed by atoms with Crippen molar-refractivity contribution in [1.29, 1.82) is 0 Å². The number of piperidine rings is 1. The Bertz CT molecular complexity index is 1280. The number of aromatic nitrogens is 2. The van der Waals surface area contributed by atoms with Crippen molar-refractivity contribution in [2.75, 3.05) is 19.6 Å². The standard InChI is InChI=1S/C25H24BrN5O5/c1-2-13-29(25(33)18-6-5-7-20(15-18)31(34)35)16-22(32)30-14-4-3-8-21(30)24-27-23(28-36-24)17-9-11-19(26)12-10-17/h2,5-7,9-12,15,21H,1,3-4,8,13-14,16H2. The molecule has 1 aliphatic heterocycles. The van der Waals surface area contributed by atoms with Crippen molar-refractivity contribution in [2.45, 2.75) is 25.3 Å². The van der Waals surface area contributed by atoms with E-state index >= 15 is 0 Å². The van der Waals surface area contributed by atoms with Crippen LogP contribution in [-0.2, 0) is 4.79 Å². The van der Waals surface area contributed by atoms with Crippen LogP contribution in [0.2, 0.25) is 0 Å². The first-order valence-corrected chi connectivity index (χ1v) is 12.2. The number of non-ortho nitro benzene ring substituents is 1. The summed E-state index contributed by atoms with van der Waals surface area (Å²) >= 11 is 3.40. The van der Waals surface area contributed by atoms with Crippen LogP contribution in [0.25, 0.3) is 11.4 Å². The van der Waals surface area contributed by atoms with E-state index in [9.17, 15) is 19.7 Å². The fourth-order valence-electron chi connectivity index (χ4n) is 4.14. The van der Waals surface area contributed by atoms with Gasteiger partial charge in [0.25, 0.3) is 11.6 Å². The zero-order chi connectivity index (χ0) is 25.7. The average molecular weight is 554 g/mol. The first-order chi connectivity index (χ1) is 17.4. The molecule has 0 saturated carbocycles. The number of carbonyl (C=O) groups excluding carboxylic acids is 2. The largest absolute Gasteiger partial charge is 0.337 e. The molecule has 1 fully saturated rings. The molecule has 186 valence electrons. The first kappa shape index (κ1) is 25.2. The maximum Gasteiger partial charge on any atom is 0.270 e. The van der Waals surface area contributed by atoms with Gasteiger partial charge in [-0.05, 0) is 49.6 Å². The van der Waals surface area contributed by atoms with E-state index in [1.807, 2.05) is 24.3 Å². The minimum atomic E-state index is -0.564. The highest BCUT2D eigenvalue weighted by atomic mass is 79.9. The van der Waals surface area contributed by atoms with Gasteiger partial charge in [-0.1, -0.05) is 33.2 Å². The normalized spacial score (nSPS) is 15.4. The zero-order valence-corrected chi connectivity index (χ0v) is 21.0. The molecule has 10 nitrogen and oxygen atoms in total. The number of nitrogens with zero attached hydrogens (tertiary/aromatic N) is 5. The van der Waals surface area contributed by atoms with Crippen LogP contribution in [0.1, 0.15) is 41.6 Å². The Balaban J connectivity index is 1.52. The lowest BCUT2D eigenvalue weighted by molar-refractivity contribution is -0.384. The van der Waals surface area contributed by atoms with Crippen LogP contribution in [-0.4, -0.2) is 56.3 Å². The number of benzene rings is 2. The molecule has 1 aromatic heterocycles. The Kier molecular flexibility index (Phi) is 7.89. The zero-order valence-electron chi connectivity index (χ0n) is 19.4. The lowest BCUT2D eigenvalue weighted by Crippen LogP contribution is -2.46. The molecule has 0 N–H and O–H groups in total. The van der Waals surface area contributed by atoms with Crippen molar-refractivity contribution >= 4 is 33.4 Å². The highest BCUT2D eigenvalue weighted by Crippen LogP contribution is 2.31. The Morgan fingerprint density at radius 3 is 2.75 bits per heavy atom. The average Bonchev–Trinajstić information content (AvgIpc) is 3.38. The molecule has 0 radical (unpaired) electrons. The summed E-state index contributed by atoms with van der Waals surface area (Å²) in [5.41, 5.74) is 0.728. The van der Waals surface area contributed by atoms with Gasteiger partial charge in [-0.25, -0.2) is 0 Å². The van der Waals surface area contributed by atoms with Gasteiger partial charge >= 0.3 is 0 Å². The quantitative estimate of drug-likeness (QED) is 0.223. The predicted octanol–water partition coefficient (Wildman–Crippen LogP) is 4.79. The lowest BCUT2D eigenvalue weighted by Gasteiger charge is -2.35. The molecule has 0 bridgehead atoms. The number of hydrogen-bond acceptors (Lipinski definition) is 7. The number of likely N-dealkylation sites (tertiary alicyclic amines) is 1. The number of halogens is 1. The second-order valence-corrected chi connectivity index (χ2v) is 9.26. The minimum absolute atomic E-state index is 0.111. The first-order valence-electron chi connectivity index (χ1n) is 11.4. The summed E-state index contributed by atoms with van der Waals surface area (Å²) in [4.78, 5) is 44.6. The third-order valence-electron chi connectivity index (χ3n) is 5.92. The van der Waals surface area contributed by atoms with E-state index in [-0.39, 0.29) is 30.2 Å². The van der Waals surface area contributed by atoms with Gasteiger partial charge in [-0.15, -0.1) is 6.58 Å². The molecule has 2 heterocycles. The molecular formula is C25H24BrN5O5. The van der Waals surface area contributed by atoms with Crippen LogP contribution in [0.4, 0.5) is 5.69 Å². The monoisotopic (exact) mass is 553 g/mol. The van der Waals surface area contributed by atoms with Crippen molar-refractivity contribution in [3.63, 3.8) is 0 Å². The Labute approximate surface area is 215 Å². The summed E-state index contributed by atoms with van der Waals surface area (Å²) < 4.78 is 6.48. The van der Waals surface area contributed by atoms with Crippen LogP contribution in [0, 0.1) is 10.1 Å². The Hall–Kier alpha value is -3.86. The van der Waals surface area contributed by atoms with Crippen LogP contribution in [0.5, 0.6) is 0 Å². The summed E-state index contributed by atoms with van der Waals surface area (Å²) in [6.45, 7) is 4.07.